The van der Waals surface area contributed by atoms with Crippen LogP contribution in [0.5, 0.6) is 0 Å². The lowest BCUT2D eigenvalue weighted by Gasteiger charge is -2.29. The van der Waals surface area contributed by atoms with Crippen LogP contribution in [0.15, 0.2) is 0 Å². The van der Waals surface area contributed by atoms with Crippen LogP contribution in [-0.4, -0.2) is 40.6 Å². The lowest BCUT2D eigenvalue weighted by atomic mass is 9.98. The first-order valence-corrected chi connectivity index (χ1v) is 6.47. The van der Waals surface area contributed by atoms with Crippen molar-refractivity contribution in [2.45, 2.75) is 63.5 Å². The van der Waals surface area contributed by atoms with Gasteiger partial charge in [-0.2, -0.15) is 0 Å². The number of carbonyl (C=O) groups is 1. The number of hydrogen-bond acceptors (Lipinski definition) is 3. The number of nitrogens with zero attached hydrogens (tertiary/aromatic N) is 1. The van der Waals surface area contributed by atoms with Gasteiger partial charge < -0.3 is 15.7 Å². The van der Waals surface area contributed by atoms with Crippen molar-refractivity contribution in [2.75, 3.05) is 13.6 Å². The standard InChI is InChI=1S/C13H26N2O2/c1-12(2,14)9-6-11(16)15(3)10-13(17)7-4-5-8-13/h17H,4-10,14H2,1-3H3. The van der Waals surface area contributed by atoms with E-state index in [9.17, 15) is 9.90 Å². The normalized spacial score (nSPS) is 19.4. The maximum Gasteiger partial charge on any atom is 0.222 e. The number of carbonyl (C=O) groups excluding carboxylic acids is 1. The highest BCUT2D eigenvalue weighted by Crippen LogP contribution is 2.30. The Morgan fingerprint density at radius 3 is 2.41 bits per heavy atom. The summed E-state index contributed by atoms with van der Waals surface area (Å²) in [6.07, 6.45) is 4.88. The van der Waals surface area contributed by atoms with Gasteiger partial charge in [0.2, 0.25) is 5.91 Å². The van der Waals surface area contributed by atoms with E-state index in [-0.39, 0.29) is 11.4 Å². The van der Waals surface area contributed by atoms with E-state index in [1.807, 2.05) is 13.8 Å². The zero-order chi connectivity index (χ0) is 13.1. The molecule has 0 radical (unpaired) electrons. The van der Waals surface area contributed by atoms with Crippen molar-refractivity contribution in [3.8, 4) is 0 Å². The van der Waals surface area contributed by atoms with Crippen LogP contribution in [-0.2, 0) is 4.79 Å². The van der Waals surface area contributed by atoms with Gasteiger partial charge in [0.1, 0.15) is 0 Å². The Bertz CT molecular complexity index is 265. The fraction of sp³-hybridized carbons (Fsp3) is 0.923. The second-order valence-electron chi connectivity index (χ2n) is 6.17. The maximum atomic E-state index is 11.9. The average molecular weight is 242 g/mol. The Hall–Kier alpha value is -0.610. The molecule has 1 aliphatic carbocycles. The van der Waals surface area contributed by atoms with Crippen molar-refractivity contribution in [2.24, 2.45) is 5.73 Å². The molecule has 1 rings (SSSR count). The van der Waals surface area contributed by atoms with E-state index in [0.29, 0.717) is 19.4 Å². The van der Waals surface area contributed by atoms with Crippen LogP contribution in [0, 0.1) is 0 Å². The molecule has 3 N–H and O–H groups in total. The molecule has 0 atom stereocenters. The van der Waals surface area contributed by atoms with Gasteiger partial charge in [-0.05, 0) is 33.1 Å². The summed E-state index contributed by atoms with van der Waals surface area (Å²) in [5, 5.41) is 10.2. The van der Waals surface area contributed by atoms with Gasteiger partial charge in [-0.15, -0.1) is 0 Å². The van der Waals surface area contributed by atoms with E-state index in [2.05, 4.69) is 0 Å². The number of nitrogens with two attached hydrogens (primary N) is 1. The Morgan fingerprint density at radius 2 is 1.94 bits per heavy atom. The molecule has 0 aromatic heterocycles. The molecule has 1 amide bonds. The summed E-state index contributed by atoms with van der Waals surface area (Å²) in [7, 11) is 1.77. The van der Waals surface area contributed by atoms with Crippen LogP contribution >= 0.6 is 0 Å². The van der Waals surface area contributed by atoms with Crippen molar-refractivity contribution >= 4 is 5.91 Å². The van der Waals surface area contributed by atoms with Gasteiger partial charge in [-0.1, -0.05) is 12.8 Å². The van der Waals surface area contributed by atoms with Gasteiger partial charge in [0.15, 0.2) is 0 Å². The number of aliphatic hydroxyl groups is 1. The quantitative estimate of drug-likeness (QED) is 0.763. The molecule has 0 bridgehead atoms. The van der Waals surface area contributed by atoms with Crippen molar-refractivity contribution in [1.82, 2.24) is 4.90 Å². The van der Waals surface area contributed by atoms with Gasteiger partial charge in [-0.3, -0.25) is 4.79 Å². The number of amides is 1. The molecule has 0 spiro atoms. The van der Waals surface area contributed by atoms with E-state index in [0.717, 1.165) is 25.7 Å². The van der Waals surface area contributed by atoms with Gasteiger partial charge in [0, 0.05) is 25.6 Å². The van der Waals surface area contributed by atoms with Crippen molar-refractivity contribution in [3.05, 3.63) is 0 Å². The summed E-state index contributed by atoms with van der Waals surface area (Å²) in [6, 6.07) is 0. The van der Waals surface area contributed by atoms with Gasteiger partial charge in [0.05, 0.1) is 5.60 Å². The highest BCUT2D eigenvalue weighted by Gasteiger charge is 2.33. The molecule has 4 heteroatoms. The summed E-state index contributed by atoms with van der Waals surface area (Å²) >= 11 is 0. The second kappa shape index (κ2) is 5.36. The van der Waals surface area contributed by atoms with Crippen molar-refractivity contribution in [1.29, 1.82) is 0 Å². The molecular formula is C13H26N2O2. The number of hydrogen-bond donors (Lipinski definition) is 2. The Labute approximate surface area is 104 Å². The Balaban J connectivity index is 2.36. The summed E-state index contributed by atoms with van der Waals surface area (Å²) < 4.78 is 0. The van der Waals surface area contributed by atoms with Crippen LogP contribution in [0.25, 0.3) is 0 Å². The largest absolute Gasteiger partial charge is 0.388 e. The van der Waals surface area contributed by atoms with Crippen molar-refractivity contribution in [3.63, 3.8) is 0 Å². The topological polar surface area (TPSA) is 66.6 Å². The van der Waals surface area contributed by atoms with E-state index in [4.69, 9.17) is 5.73 Å². The third-order valence-corrected chi connectivity index (χ3v) is 3.47. The third kappa shape index (κ3) is 5.04. The predicted octanol–water partition coefficient (Wildman–Crippen LogP) is 1.27. The Kier molecular flexibility index (Phi) is 4.55. The average Bonchev–Trinajstić information content (AvgIpc) is 2.60. The fourth-order valence-electron chi connectivity index (χ4n) is 2.34. The lowest BCUT2D eigenvalue weighted by Crippen LogP contribution is -2.43. The first-order chi connectivity index (χ1) is 7.72. The molecule has 0 aromatic rings. The summed E-state index contributed by atoms with van der Waals surface area (Å²) in [4.78, 5) is 13.5. The third-order valence-electron chi connectivity index (χ3n) is 3.47. The summed E-state index contributed by atoms with van der Waals surface area (Å²) in [6.45, 7) is 4.30. The molecule has 0 aliphatic heterocycles. The van der Waals surface area contributed by atoms with Crippen LogP contribution < -0.4 is 5.73 Å². The Morgan fingerprint density at radius 1 is 1.41 bits per heavy atom. The molecule has 4 nitrogen and oxygen atoms in total. The van der Waals surface area contributed by atoms with Crippen LogP contribution in [0.1, 0.15) is 52.4 Å². The first-order valence-electron chi connectivity index (χ1n) is 6.47. The smallest absolute Gasteiger partial charge is 0.222 e. The second-order valence-corrected chi connectivity index (χ2v) is 6.17. The van der Waals surface area contributed by atoms with Crippen LogP contribution in [0.2, 0.25) is 0 Å². The summed E-state index contributed by atoms with van der Waals surface area (Å²) in [5.41, 5.74) is 4.90. The monoisotopic (exact) mass is 242 g/mol. The molecule has 100 valence electrons. The molecule has 1 fully saturated rings. The zero-order valence-corrected chi connectivity index (χ0v) is 11.3. The molecule has 0 saturated heterocycles. The minimum Gasteiger partial charge on any atom is -0.388 e. The highest BCUT2D eigenvalue weighted by molar-refractivity contribution is 5.76. The SMILES string of the molecule is CN(CC1(O)CCCC1)C(=O)CCC(C)(C)N. The minimum atomic E-state index is -0.650. The molecule has 0 unspecified atom stereocenters. The van der Waals surface area contributed by atoms with E-state index in [1.165, 1.54) is 0 Å². The minimum absolute atomic E-state index is 0.0730. The molecule has 17 heavy (non-hydrogen) atoms. The van der Waals surface area contributed by atoms with Crippen LogP contribution in [0.4, 0.5) is 0 Å². The van der Waals surface area contributed by atoms with Gasteiger partial charge >= 0.3 is 0 Å². The highest BCUT2D eigenvalue weighted by atomic mass is 16.3. The molecule has 1 aliphatic rings. The molecular weight excluding hydrogens is 216 g/mol. The molecule has 0 heterocycles. The van der Waals surface area contributed by atoms with E-state index < -0.39 is 5.60 Å². The number of rotatable bonds is 5. The zero-order valence-electron chi connectivity index (χ0n) is 11.3. The molecule has 1 saturated carbocycles. The predicted molar refractivity (Wildman–Crippen MR) is 68.6 cm³/mol. The molecule has 0 aromatic carbocycles. The van der Waals surface area contributed by atoms with Gasteiger partial charge in [-0.25, -0.2) is 0 Å². The van der Waals surface area contributed by atoms with E-state index in [1.54, 1.807) is 11.9 Å². The fourth-order valence-corrected chi connectivity index (χ4v) is 2.34. The lowest BCUT2D eigenvalue weighted by molar-refractivity contribution is -0.133. The first kappa shape index (κ1) is 14.5. The number of likely N-dealkylation sites (N-methyl/N-ethyl adjacent to an activating group) is 1. The van der Waals surface area contributed by atoms with Crippen LogP contribution in [0.3, 0.4) is 0 Å². The van der Waals surface area contributed by atoms with Gasteiger partial charge in [0.25, 0.3) is 0 Å². The maximum absolute atomic E-state index is 11.9. The van der Waals surface area contributed by atoms with Crippen molar-refractivity contribution < 1.29 is 9.90 Å². The summed E-state index contributed by atoms with van der Waals surface area (Å²) in [5.74, 6) is 0.0730. The van der Waals surface area contributed by atoms with E-state index >= 15 is 0 Å².